The highest BCUT2D eigenvalue weighted by Gasteiger charge is 1.98. The van der Waals surface area contributed by atoms with Crippen LogP contribution in [0.2, 0.25) is 0 Å². The molecule has 5 heteroatoms. The number of hydrogen-bond donors (Lipinski definition) is 1. The Hall–Kier alpha value is -2.56. The zero-order valence-electron chi connectivity index (χ0n) is 10.7. The molecule has 1 aromatic carbocycles. The first-order valence-corrected chi connectivity index (χ1v) is 6.13. The van der Waals surface area contributed by atoms with Gasteiger partial charge in [0, 0.05) is 32.2 Å². The van der Waals surface area contributed by atoms with Gasteiger partial charge in [-0.2, -0.15) is 10.2 Å². The monoisotopic (exact) mass is 253 g/mol. The zero-order chi connectivity index (χ0) is 13.1. The molecule has 0 spiro atoms. The average molecular weight is 253 g/mol. The van der Waals surface area contributed by atoms with Crippen molar-refractivity contribution in [3.05, 3.63) is 60.7 Å². The Labute approximate surface area is 111 Å². The molecule has 3 rings (SSSR count). The summed E-state index contributed by atoms with van der Waals surface area (Å²) in [6, 6.07) is 10.2. The molecule has 1 N–H and O–H groups in total. The lowest BCUT2D eigenvalue weighted by Crippen LogP contribution is -1.99. The summed E-state index contributed by atoms with van der Waals surface area (Å²) in [7, 11) is 1.91. The molecular formula is C14H15N5. The molecule has 0 aliphatic heterocycles. The van der Waals surface area contributed by atoms with Crippen LogP contribution in [0.4, 0.5) is 5.69 Å². The van der Waals surface area contributed by atoms with Crippen LogP contribution < -0.4 is 5.32 Å². The van der Waals surface area contributed by atoms with Gasteiger partial charge >= 0.3 is 0 Å². The van der Waals surface area contributed by atoms with Gasteiger partial charge < -0.3 is 5.32 Å². The summed E-state index contributed by atoms with van der Waals surface area (Å²) in [5.41, 5.74) is 3.31. The summed E-state index contributed by atoms with van der Waals surface area (Å²) in [5.74, 6) is 0. The molecule has 0 amide bonds. The Bertz CT molecular complexity index is 637. The van der Waals surface area contributed by atoms with Gasteiger partial charge in [-0.25, -0.2) is 4.68 Å². The van der Waals surface area contributed by atoms with E-state index >= 15 is 0 Å². The van der Waals surface area contributed by atoms with Crippen LogP contribution in [0.1, 0.15) is 5.56 Å². The van der Waals surface area contributed by atoms with Crippen molar-refractivity contribution < 1.29 is 0 Å². The minimum atomic E-state index is 0.783. The number of nitrogens with one attached hydrogen (secondary N) is 1. The van der Waals surface area contributed by atoms with E-state index in [2.05, 4.69) is 39.8 Å². The van der Waals surface area contributed by atoms with Crippen LogP contribution in [-0.4, -0.2) is 19.6 Å². The lowest BCUT2D eigenvalue weighted by molar-refractivity contribution is 0.768. The third kappa shape index (κ3) is 2.65. The number of anilines is 1. The first-order chi connectivity index (χ1) is 9.31. The predicted octanol–water partition coefficient (Wildman–Crippen LogP) is 2.22. The summed E-state index contributed by atoms with van der Waals surface area (Å²) in [6.07, 6.45) is 7.48. The Balaban J connectivity index is 1.66. The van der Waals surface area contributed by atoms with Gasteiger partial charge in [0.15, 0.2) is 0 Å². The quantitative estimate of drug-likeness (QED) is 0.775. The fraction of sp³-hybridized carbons (Fsp3) is 0.143. The number of nitrogens with zero attached hydrogens (tertiary/aromatic N) is 4. The van der Waals surface area contributed by atoms with E-state index in [1.807, 2.05) is 36.4 Å². The van der Waals surface area contributed by atoms with Crippen molar-refractivity contribution in [1.29, 1.82) is 0 Å². The van der Waals surface area contributed by atoms with E-state index in [0.29, 0.717) is 0 Å². The Morgan fingerprint density at radius 1 is 1.16 bits per heavy atom. The smallest absolute Gasteiger partial charge is 0.0729 e. The van der Waals surface area contributed by atoms with Crippen LogP contribution in [0, 0.1) is 0 Å². The maximum Gasteiger partial charge on any atom is 0.0729 e. The SMILES string of the molecule is Cn1cc(NCc2ccc(-n3cccn3)cc2)cn1. The molecule has 19 heavy (non-hydrogen) atoms. The second kappa shape index (κ2) is 4.97. The van der Waals surface area contributed by atoms with E-state index < -0.39 is 0 Å². The molecule has 0 saturated carbocycles. The standard InChI is InChI=1S/C14H15N5/c1-18-11-13(10-17-18)15-9-12-3-5-14(6-4-12)19-8-2-7-16-19/h2-8,10-11,15H,9H2,1H3. The fourth-order valence-electron chi connectivity index (χ4n) is 1.90. The third-order valence-corrected chi connectivity index (χ3v) is 2.91. The Kier molecular flexibility index (Phi) is 3.02. The van der Waals surface area contributed by atoms with Crippen molar-refractivity contribution in [1.82, 2.24) is 19.6 Å². The largest absolute Gasteiger partial charge is 0.378 e. The van der Waals surface area contributed by atoms with E-state index in [1.54, 1.807) is 10.9 Å². The van der Waals surface area contributed by atoms with Crippen LogP contribution >= 0.6 is 0 Å². The maximum atomic E-state index is 4.20. The molecule has 3 aromatic rings. The van der Waals surface area contributed by atoms with E-state index in [9.17, 15) is 0 Å². The van der Waals surface area contributed by atoms with Crippen LogP contribution in [-0.2, 0) is 13.6 Å². The summed E-state index contributed by atoms with van der Waals surface area (Å²) >= 11 is 0. The van der Waals surface area contributed by atoms with Crippen LogP contribution in [0.15, 0.2) is 55.1 Å². The van der Waals surface area contributed by atoms with Gasteiger partial charge in [0.1, 0.15) is 0 Å². The number of rotatable bonds is 4. The minimum Gasteiger partial charge on any atom is -0.378 e. The third-order valence-electron chi connectivity index (χ3n) is 2.91. The van der Waals surface area contributed by atoms with Gasteiger partial charge in [-0.05, 0) is 23.8 Å². The Morgan fingerprint density at radius 3 is 2.63 bits per heavy atom. The van der Waals surface area contributed by atoms with E-state index in [0.717, 1.165) is 17.9 Å². The number of aromatic nitrogens is 4. The van der Waals surface area contributed by atoms with Crippen LogP contribution in [0.5, 0.6) is 0 Å². The molecule has 0 aliphatic carbocycles. The number of aryl methyl sites for hydroxylation is 1. The van der Waals surface area contributed by atoms with Crippen molar-refractivity contribution in [3.8, 4) is 5.69 Å². The van der Waals surface area contributed by atoms with Crippen molar-refractivity contribution in [2.45, 2.75) is 6.54 Å². The molecule has 5 nitrogen and oxygen atoms in total. The fourth-order valence-corrected chi connectivity index (χ4v) is 1.90. The number of hydrogen-bond acceptors (Lipinski definition) is 3. The summed E-state index contributed by atoms with van der Waals surface area (Å²) < 4.78 is 3.63. The molecule has 0 bridgehead atoms. The normalized spacial score (nSPS) is 10.6. The van der Waals surface area contributed by atoms with E-state index in [1.165, 1.54) is 5.56 Å². The highest BCUT2D eigenvalue weighted by atomic mass is 15.3. The molecular weight excluding hydrogens is 238 g/mol. The first kappa shape index (κ1) is 11.5. The van der Waals surface area contributed by atoms with Crippen molar-refractivity contribution in [2.24, 2.45) is 7.05 Å². The topological polar surface area (TPSA) is 47.7 Å². The van der Waals surface area contributed by atoms with Crippen molar-refractivity contribution >= 4 is 5.69 Å². The highest BCUT2D eigenvalue weighted by molar-refractivity contribution is 5.40. The van der Waals surface area contributed by atoms with Gasteiger partial charge in [-0.1, -0.05) is 12.1 Å². The molecule has 0 aliphatic rings. The zero-order valence-corrected chi connectivity index (χ0v) is 10.7. The minimum absolute atomic E-state index is 0.783. The van der Waals surface area contributed by atoms with E-state index in [-0.39, 0.29) is 0 Å². The first-order valence-electron chi connectivity index (χ1n) is 6.13. The molecule has 0 fully saturated rings. The molecule has 0 atom stereocenters. The maximum absolute atomic E-state index is 4.20. The van der Waals surface area contributed by atoms with Crippen LogP contribution in [0.25, 0.3) is 5.69 Å². The molecule has 2 aromatic heterocycles. The van der Waals surface area contributed by atoms with Gasteiger partial charge in [0.2, 0.25) is 0 Å². The lowest BCUT2D eigenvalue weighted by atomic mass is 10.2. The van der Waals surface area contributed by atoms with Gasteiger partial charge in [0.25, 0.3) is 0 Å². The van der Waals surface area contributed by atoms with E-state index in [4.69, 9.17) is 0 Å². The summed E-state index contributed by atoms with van der Waals surface area (Å²) in [5, 5.41) is 11.7. The molecule has 96 valence electrons. The van der Waals surface area contributed by atoms with Crippen molar-refractivity contribution in [3.63, 3.8) is 0 Å². The second-order valence-electron chi connectivity index (χ2n) is 4.37. The van der Waals surface area contributed by atoms with Gasteiger partial charge in [0.05, 0.1) is 17.6 Å². The van der Waals surface area contributed by atoms with Crippen molar-refractivity contribution in [2.75, 3.05) is 5.32 Å². The summed E-state index contributed by atoms with van der Waals surface area (Å²) in [6.45, 7) is 0.783. The molecule has 0 radical (unpaired) electrons. The number of benzene rings is 1. The predicted molar refractivity (Wildman–Crippen MR) is 74.1 cm³/mol. The molecule has 0 saturated heterocycles. The van der Waals surface area contributed by atoms with Crippen LogP contribution in [0.3, 0.4) is 0 Å². The Morgan fingerprint density at radius 2 is 2.00 bits per heavy atom. The van der Waals surface area contributed by atoms with Gasteiger partial charge in [-0.3, -0.25) is 4.68 Å². The molecule has 0 unspecified atom stereocenters. The average Bonchev–Trinajstić information content (AvgIpc) is 3.08. The lowest BCUT2D eigenvalue weighted by Gasteiger charge is -2.05. The second-order valence-corrected chi connectivity index (χ2v) is 4.37. The molecule has 2 heterocycles. The van der Waals surface area contributed by atoms with Gasteiger partial charge in [-0.15, -0.1) is 0 Å². The summed E-state index contributed by atoms with van der Waals surface area (Å²) in [4.78, 5) is 0. The highest BCUT2D eigenvalue weighted by Crippen LogP contribution is 2.11.